The van der Waals surface area contributed by atoms with Gasteiger partial charge in [-0.05, 0) is 25.0 Å². The number of rotatable bonds is 2. The van der Waals surface area contributed by atoms with Gasteiger partial charge in [0.2, 0.25) is 0 Å². The quantitative estimate of drug-likeness (QED) is 0.890. The topological polar surface area (TPSA) is 56.7 Å². The van der Waals surface area contributed by atoms with E-state index in [1.165, 1.54) is 0 Å². The third-order valence-corrected chi connectivity index (χ3v) is 3.25. The zero-order valence-corrected chi connectivity index (χ0v) is 10.9. The second-order valence-electron chi connectivity index (χ2n) is 4.21. The molecule has 0 radical (unpaired) electrons. The summed E-state index contributed by atoms with van der Waals surface area (Å²) >= 11 is 6.20. The molecule has 5 heteroatoms. The molecule has 0 saturated heterocycles. The summed E-state index contributed by atoms with van der Waals surface area (Å²) in [6.45, 7) is 3.94. The Morgan fingerprint density at radius 3 is 2.71 bits per heavy atom. The van der Waals surface area contributed by atoms with Crippen molar-refractivity contribution in [2.45, 2.75) is 20.3 Å². The lowest BCUT2D eigenvalue weighted by atomic mass is 10.1. The first-order valence-electron chi connectivity index (χ1n) is 5.38. The molecule has 0 spiro atoms. The van der Waals surface area contributed by atoms with Crippen molar-refractivity contribution in [3.05, 3.63) is 39.8 Å². The molecule has 2 heterocycles. The summed E-state index contributed by atoms with van der Waals surface area (Å²) in [6.07, 6.45) is 2.43. The molecule has 2 N–H and O–H groups in total. The number of aromatic nitrogens is 3. The largest absolute Gasteiger partial charge is 0.383 e. The SMILES string of the molecule is Cc1cnc(N)c(Cc2c(C)nn(C)c2Cl)c1. The summed E-state index contributed by atoms with van der Waals surface area (Å²) in [6, 6.07) is 2.03. The number of aryl methyl sites for hydroxylation is 3. The maximum absolute atomic E-state index is 6.20. The van der Waals surface area contributed by atoms with E-state index in [1.807, 2.05) is 27.0 Å². The van der Waals surface area contributed by atoms with Crippen LogP contribution in [0.4, 0.5) is 5.82 Å². The van der Waals surface area contributed by atoms with Crippen molar-refractivity contribution >= 4 is 17.4 Å². The Hall–Kier alpha value is -1.55. The smallest absolute Gasteiger partial charge is 0.130 e. The Labute approximate surface area is 105 Å². The van der Waals surface area contributed by atoms with Gasteiger partial charge in [0.1, 0.15) is 11.0 Å². The van der Waals surface area contributed by atoms with Crippen LogP contribution in [0.1, 0.15) is 22.4 Å². The third kappa shape index (κ3) is 2.26. The summed E-state index contributed by atoms with van der Waals surface area (Å²) in [7, 11) is 1.83. The molecule has 0 atom stereocenters. The minimum Gasteiger partial charge on any atom is -0.383 e. The average Bonchev–Trinajstić information content (AvgIpc) is 2.50. The number of anilines is 1. The van der Waals surface area contributed by atoms with Crippen LogP contribution in [-0.4, -0.2) is 14.8 Å². The molecule has 0 bridgehead atoms. The number of nitrogens with two attached hydrogens (primary N) is 1. The van der Waals surface area contributed by atoms with E-state index in [9.17, 15) is 0 Å². The van der Waals surface area contributed by atoms with E-state index in [1.54, 1.807) is 10.9 Å². The van der Waals surface area contributed by atoms with Gasteiger partial charge < -0.3 is 5.73 Å². The zero-order chi connectivity index (χ0) is 12.6. The molecule has 0 saturated carbocycles. The second kappa shape index (κ2) is 4.37. The van der Waals surface area contributed by atoms with Crippen molar-refractivity contribution in [3.8, 4) is 0 Å². The van der Waals surface area contributed by atoms with E-state index in [2.05, 4.69) is 10.1 Å². The van der Waals surface area contributed by atoms with E-state index >= 15 is 0 Å². The summed E-state index contributed by atoms with van der Waals surface area (Å²) in [5.41, 5.74) is 9.88. The van der Waals surface area contributed by atoms with E-state index in [4.69, 9.17) is 17.3 Å². The van der Waals surface area contributed by atoms with Crippen molar-refractivity contribution < 1.29 is 0 Å². The molecular formula is C12H15ClN4. The standard InChI is InChI=1S/C12H15ClN4/c1-7-4-9(12(14)15-6-7)5-10-8(2)16-17(3)11(10)13/h4,6H,5H2,1-3H3,(H2,14,15). The summed E-state index contributed by atoms with van der Waals surface area (Å²) in [5.74, 6) is 0.551. The average molecular weight is 251 g/mol. The van der Waals surface area contributed by atoms with Gasteiger partial charge in [0.05, 0.1) is 5.69 Å². The number of hydrogen-bond acceptors (Lipinski definition) is 3. The molecule has 0 fully saturated rings. The van der Waals surface area contributed by atoms with Gasteiger partial charge >= 0.3 is 0 Å². The van der Waals surface area contributed by atoms with E-state index < -0.39 is 0 Å². The number of halogens is 1. The molecule has 0 amide bonds. The van der Waals surface area contributed by atoms with Crippen molar-refractivity contribution in [3.63, 3.8) is 0 Å². The van der Waals surface area contributed by atoms with Gasteiger partial charge in [0, 0.05) is 25.2 Å². The van der Waals surface area contributed by atoms with Gasteiger partial charge in [-0.15, -0.1) is 0 Å². The van der Waals surface area contributed by atoms with Gasteiger partial charge in [-0.1, -0.05) is 17.7 Å². The Kier molecular flexibility index (Phi) is 3.07. The summed E-state index contributed by atoms with van der Waals surface area (Å²) in [4.78, 5) is 4.15. The molecule has 90 valence electrons. The van der Waals surface area contributed by atoms with Crippen LogP contribution in [0, 0.1) is 13.8 Å². The number of nitrogens with zero attached hydrogens (tertiary/aromatic N) is 3. The molecule has 2 rings (SSSR count). The van der Waals surface area contributed by atoms with Gasteiger partial charge in [-0.2, -0.15) is 5.10 Å². The Bertz CT molecular complexity index is 560. The zero-order valence-electron chi connectivity index (χ0n) is 10.2. The molecule has 2 aromatic heterocycles. The lowest BCUT2D eigenvalue weighted by Gasteiger charge is -2.05. The molecular weight excluding hydrogens is 236 g/mol. The second-order valence-corrected chi connectivity index (χ2v) is 4.57. The third-order valence-electron chi connectivity index (χ3n) is 2.78. The van der Waals surface area contributed by atoms with Crippen LogP contribution in [0.5, 0.6) is 0 Å². The fourth-order valence-corrected chi connectivity index (χ4v) is 2.09. The minimum absolute atomic E-state index is 0.551. The first-order chi connectivity index (χ1) is 7.99. The van der Waals surface area contributed by atoms with Crippen LogP contribution in [-0.2, 0) is 13.5 Å². The molecule has 0 unspecified atom stereocenters. The highest BCUT2D eigenvalue weighted by Gasteiger charge is 2.13. The van der Waals surface area contributed by atoms with Crippen LogP contribution in [0.3, 0.4) is 0 Å². The first kappa shape index (κ1) is 11.9. The van der Waals surface area contributed by atoms with Crippen molar-refractivity contribution in [1.82, 2.24) is 14.8 Å². The summed E-state index contributed by atoms with van der Waals surface area (Å²) < 4.78 is 1.67. The highest BCUT2D eigenvalue weighted by Crippen LogP contribution is 2.24. The molecule has 0 aliphatic carbocycles. The van der Waals surface area contributed by atoms with Crippen LogP contribution in [0.2, 0.25) is 5.15 Å². The lowest BCUT2D eigenvalue weighted by molar-refractivity contribution is 0.757. The maximum atomic E-state index is 6.20. The summed E-state index contributed by atoms with van der Waals surface area (Å²) in [5, 5.41) is 4.94. The highest BCUT2D eigenvalue weighted by atomic mass is 35.5. The monoisotopic (exact) mass is 250 g/mol. The molecule has 0 aliphatic rings. The first-order valence-corrected chi connectivity index (χ1v) is 5.75. The molecule has 0 aliphatic heterocycles. The van der Waals surface area contributed by atoms with Crippen molar-refractivity contribution in [1.29, 1.82) is 0 Å². The van der Waals surface area contributed by atoms with Gasteiger partial charge in [-0.3, -0.25) is 4.68 Å². The fourth-order valence-electron chi connectivity index (χ4n) is 1.85. The van der Waals surface area contributed by atoms with E-state index in [-0.39, 0.29) is 0 Å². The Morgan fingerprint density at radius 2 is 2.12 bits per heavy atom. The number of hydrogen-bond donors (Lipinski definition) is 1. The van der Waals surface area contributed by atoms with Crippen LogP contribution in [0.15, 0.2) is 12.3 Å². The fraction of sp³-hybridized carbons (Fsp3) is 0.333. The number of nitrogen functional groups attached to an aromatic ring is 1. The van der Waals surface area contributed by atoms with E-state index in [0.29, 0.717) is 17.4 Å². The normalized spacial score (nSPS) is 10.8. The molecule has 2 aromatic rings. The van der Waals surface area contributed by atoms with Gasteiger partial charge in [0.15, 0.2) is 0 Å². The Morgan fingerprint density at radius 1 is 1.41 bits per heavy atom. The van der Waals surface area contributed by atoms with Gasteiger partial charge in [-0.25, -0.2) is 4.98 Å². The van der Waals surface area contributed by atoms with Crippen LogP contribution < -0.4 is 5.73 Å². The van der Waals surface area contributed by atoms with E-state index in [0.717, 1.165) is 22.4 Å². The molecule has 17 heavy (non-hydrogen) atoms. The predicted octanol–water partition coefficient (Wildman–Crippen LogP) is 2.26. The predicted molar refractivity (Wildman–Crippen MR) is 69.1 cm³/mol. The minimum atomic E-state index is 0.551. The number of pyridine rings is 1. The Balaban J connectivity index is 2.41. The van der Waals surface area contributed by atoms with Crippen molar-refractivity contribution in [2.24, 2.45) is 7.05 Å². The maximum Gasteiger partial charge on any atom is 0.130 e. The lowest BCUT2D eigenvalue weighted by Crippen LogP contribution is -2.00. The highest BCUT2D eigenvalue weighted by molar-refractivity contribution is 6.30. The van der Waals surface area contributed by atoms with Gasteiger partial charge in [0.25, 0.3) is 0 Å². The molecule has 4 nitrogen and oxygen atoms in total. The van der Waals surface area contributed by atoms with Crippen LogP contribution in [0.25, 0.3) is 0 Å². The molecule has 0 aromatic carbocycles. The van der Waals surface area contributed by atoms with Crippen LogP contribution >= 0.6 is 11.6 Å². The van der Waals surface area contributed by atoms with Crippen molar-refractivity contribution in [2.75, 3.05) is 5.73 Å².